The van der Waals surface area contributed by atoms with E-state index in [0.29, 0.717) is 11.6 Å². The molecule has 2 N–H and O–H groups in total. The average Bonchev–Trinajstić information content (AvgIpc) is 2.98. The number of carbonyl (C=O) groups excluding carboxylic acids is 2. The molecule has 0 fully saturated rings. The molecular formula is C14H14ClN3O2S. The largest absolute Gasteiger partial charge is 0.354 e. The van der Waals surface area contributed by atoms with Crippen LogP contribution in [0.2, 0.25) is 5.02 Å². The number of rotatable bonds is 6. The quantitative estimate of drug-likeness (QED) is 0.852. The van der Waals surface area contributed by atoms with E-state index in [-0.39, 0.29) is 18.1 Å². The molecule has 2 amide bonds. The highest BCUT2D eigenvalue weighted by atomic mass is 35.5. The first-order chi connectivity index (χ1) is 10.1. The van der Waals surface area contributed by atoms with E-state index in [1.165, 1.54) is 17.1 Å². The summed E-state index contributed by atoms with van der Waals surface area (Å²) in [6.45, 7) is 0.460. The number of carbonyl (C=O) groups is 2. The predicted octanol–water partition coefficient (Wildman–Crippen LogP) is 1.89. The number of hydrogen-bond donors (Lipinski definition) is 2. The number of pyridine rings is 1. The van der Waals surface area contributed by atoms with Crippen LogP contribution < -0.4 is 10.6 Å². The van der Waals surface area contributed by atoms with Crippen LogP contribution in [0, 0.1) is 0 Å². The maximum absolute atomic E-state index is 11.8. The van der Waals surface area contributed by atoms with Crippen LogP contribution in [-0.2, 0) is 11.2 Å². The number of hydrogen-bond acceptors (Lipinski definition) is 4. The third kappa shape index (κ3) is 5.17. The van der Waals surface area contributed by atoms with Crippen LogP contribution in [0.4, 0.5) is 0 Å². The Kier molecular flexibility index (Phi) is 5.71. The molecule has 0 saturated carbocycles. The Labute approximate surface area is 131 Å². The molecule has 2 aromatic heterocycles. The molecule has 0 aliphatic carbocycles. The number of aromatic nitrogens is 1. The first-order valence-corrected chi connectivity index (χ1v) is 7.60. The van der Waals surface area contributed by atoms with Crippen molar-refractivity contribution in [3.05, 3.63) is 51.4 Å². The van der Waals surface area contributed by atoms with Gasteiger partial charge in [0.05, 0.1) is 6.54 Å². The van der Waals surface area contributed by atoms with Gasteiger partial charge in [-0.3, -0.25) is 14.6 Å². The van der Waals surface area contributed by atoms with Crippen LogP contribution in [-0.4, -0.2) is 29.9 Å². The zero-order chi connectivity index (χ0) is 15.1. The highest BCUT2D eigenvalue weighted by Gasteiger charge is 2.09. The topological polar surface area (TPSA) is 71.1 Å². The summed E-state index contributed by atoms with van der Waals surface area (Å²) in [6.07, 6.45) is 2.23. The van der Waals surface area contributed by atoms with Crippen molar-refractivity contribution in [2.24, 2.45) is 0 Å². The minimum atomic E-state index is -0.425. The minimum Gasteiger partial charge on any atom is -0.354 e. The summed E-state index contributed by atoms with van der Waals surface area (Å²) in [4.78, 5) is 28.5. The summed E-state index contributed by atoms with van der Waals surface area (Å²) in [5.74, 6) is -0.659. The number of nitrogens with one attached hydrogen (secondary N) is 2. The van der Waals surface area contributed by atoms with Crippen molar-refractivity contribution in [3.8, 4) is 0 Å². The molecular weight excluding hydrogens is 310 g/mol. The highest BCUT2D eigenvalue weighted by molar-refractivity contribution is 7.09. The maximum atomic E-state index is 11.8. The lowest BCUT2D eigenvalue weighted by molar-refractivity contribution is -0.120. The van der Waals surface area contributed by atoms with E-state index >= 15 is 0 Å². The molecule has 0 saturated heterocycles. The Hall–Kier alpha value is -1.92. The van der Waals surface area contributed by atoms with Gasteiger partial charge in [-0.15, -0.1) is 11.3 Å². The number of nitrogens with zero attached hydrogens (tertiary/aromatic N) is 1. The Morgan fingerprint density at radius 2 is 2.14 bits per heavy atom. The normalized spacial score (nSPS) is 10.1. The van der Waals surface area contributed by atoms with Gasteiger partial charge in [0.1, 0.15) is 5.69 Å². The summed E-state index contributed by atoms with van der Waals surface area (Å²) in [5.41, 5.74) is 0.189. The molecule has 0 spiro atoms. The molecule has 0 aliphatic rings. The Balaban J connectivity index is 1.70. The fraction of sp³-hybridized carbons (Fsp3) is 0.214. The SMILES string of the molecule is O=C(CNC(=O)c1cc(Cl)ccn1)NCCc1cccs1. The van der Waals surface area contributed by atoms with E-state index in [1.54, 1.807) is 17.4 Å². The molecule has 2 heterocycles. The van der Waals surface area contributed by atoms with Gasteiger partial charge in [-0.1, -0.05) is 17.7 Å². The van der Waals surface area contributed by atoms with Gasteiger partial charge >= 0.3 is 0 Å². The van der Waals surface area contributed by atoms with E-state index in [0.717, 1.165) is 6.42 Å². The maximum Gasteiger partial charge on any atom is 0.270 e. The molecule has 0 bridgehead atoms. The molecule has 0 radical (unpaired) electrons. The minimum absolute atomic E-state index is 0.0858. The lowest BCUT2D eigenvalue weighted by Crippen LogP contribution is -2.37. The molecule has 2 aromatic rings. The van der Waals surface area contributed by atoms with Gasteiger partial charge in [-0.25, -0.2) is 0 Å². The zero-order valence-electron chi connectivity index (χ0n) is 11.1. The van der Waals surface area contributed by atoms with Crippen molar-refractivity contribution >= 4 is 34.8 Å². The molecule has 7 heteroatoms. The van der Waals surface area contributed by atoms with Crippen LogP contribution in [0.15, 0.2) is 35.8 Å². The third-order valence-corrected chi connectivity index (χ3v) is 3.81. The molecule has 110 valence electrons. The Morgan fingerprint density at radius 1 is 1.29 bits per heavy atom. The second kappa shape index (κ2) is 7.75. The molecule has 0 aromatic carbocycles. The van der Waals surface area contributed by atoms with E-state index in [4.69, 9.17) is 11.6 Å². The van der Waals surface area contributed by atoms with E-state index < -0.39 is 5.91 Å². The lowest BCUT2D eigenvalue weighted by atomic mass is 10.3. The molecule has 0 unspecified atom stereocenters. The summed E-state index contributed by atoms with van der Waals surface area (Å²) >= 11 is 7.42. The molecule has 5 nitrogen and oxygen atoms in total. The fourth-order valence-electron chi connectivity index (χ4n) is 1.62. The summed E-state index contributed by atoms with van der Waals surface area (Å²) < 4.78 is 0. The van der Waals surface area contributed by atoms with Gasteiger partial charge in [0.15, 0.2) is 0 Å². The molecule has 0 aliphatic heterocycles. The van der Waals surface area contributed by atoms with Crippen molar-refractivity contribution in [1.29, 1.82) is 0 Å². The first-order valence-electron chi connectivity index (χ1n) is 6.34. The lowest BCUT2D eigenvalue weighted by Gasteiger charge is -2.06. The first kappa shape index (κ1) is 15.5. The van der Waals surface area contributed by atoms with Crippen LogP contribution >= 0.6 is 22.9 Å². The number of halogens is 1. The van der Waals surface area contributed by atoms with Gasteiger partial charge in [0.2, 0.25) is 5.91 Å². The summed E-state index contributed by atoms with van der Waals surface area (Å²) in [6, 6.07) is 7.02. The fourth-order valence-corrected chi connectivity index (χ4v) is 2.49. The molecule has 0 atom stereocenters. The van der Waals surface area contributed by atoms with Gasteiger partial charge in [-0.2, -0.15) is 0 Å². The summed E-state index contributed by atoms with van der Waals surface area (Å²) in [7, 11) is 0. The highest BCUT2D eigenvalue weighted by Crippen LogP contribution is 2.08. The molecule has 21 heavy (non-hydrogen) atoms. The van der Waals surface area contributed by atoms with Crippen LogP contribution in [0.25, 0.3) is 0 Å². The van der Waals surface area contributed by atoms with Gasteiger partial charge in [-0.05, 0) is 30.0 Å². The predicted molar refractivity (Wildman–Crippen MR) is 82.6 cm³/mol. The Morgan fingerprint density at radius 3 is 2.86 bits per heavy atom. The van der Waals surface area contributed by atoms with Crippen molar-refractivity contribution in [3.63, 3.8) is 0 Å². The van der Waals surface area contributed by atoms with Gasteiger partial charge in [0, 0.05) is 22.6 Å². The smallest absolute Gasteiger partial charge is 0.270 e. The van der Waals surface area contributed by atoms with E-state index in [9.17, 15) is 9.59 Å². The van der Waals surface area contributed by atoms with E-state index in [2.05, 4.69) is 15.6 Å². The number of amides is 2. The second-order valence-electron chi connectivity index (χ2n) is 4.22. The van der Waals surface area contributed by atoms with Crippen molar-refractivity contribution in [2.45, 2.75) is 6.42 Å². The van der Waals surface area contributed by atoms with Crippen LogP contribution in [0.3, 0.4) is 0 Å². The van der Waals surface area contributed by atoms with Crippen LogP contribution in [0.5, 0.6) is 0 Å². The zero-order valence-corrected chi connectivity index (χ0v) is 12.7. The van der Waals surface area contributed by atoms with Gasteiger partial charge in [0.25, 0.3) is 5.91 Å². The monoisotopic (exact) mass is 323 g/mol. The Bertz CT molecular complexity index is 616. The van der Waals surface area contributed by atoms with Gasteiger partial charge < -0.3 is 10.6 Å². The molecule has 2 rings (SSSR count). The standard InChI is InChI=1S/C14H14ClN3O2S/c15-10-3-5-16-12(8-10)14(20)18-9-13(19)17-6-4-11-2-1-7-21-11/h1-3,5,7-8H,4,6,9H2,(H,17,19)(H,18,20). The number of thiophene rings is 1. The van der Waals surface area contributed by atoms with Crippen LogP contribution in [0.1, 0.15) is 15.4 Å². The summed E-state index contributed by atoms with van der Waals surface area (Å²) in [5, 5.41) is 7.67. The average molecular weight is 324 g/mol. The third-order valence-electron chi connectivity index (χ3n) is 2.64. The van der Waals surface area contributed by atoms with Crippen molar-refractivity contribution < 1.29 is 9.59 Å². The second-order valence-corrected chi connectivity index (χ2v) is 5.69. The van der Waals surface area contributed by atoms with E-state index in [1.807, 2.05) is 17.5 Å². The van der Waals surface area contributed by atoms with Crippen molar-refractivity contribution in [1.82, 2.24) is 15.6 Å². The van der Waals surface area contributed by atoms with Crippen molar-refractivity contribution in [2.75, 3.05) is 13.1 Å².